The number of ether oxygens (including phenoxy) is 1. The van der Waals surface area contributed by atoms with Gasteiger partial charge in [0.25, 0.3) is 0 Å². The minimum atomic E-state index is 0.235. The summed E-state index contributed by atoms with van der Waals surface area (Å²) < 4.78 is 5.83. The van der Waals surface area contributed by atoms with E-state index >= 15 is 0 Å². The molecule has 0 N–H and O–H groups in total. The first-order valence-corrected chi connectivity index (χ1v) is 7.62. The van der Waals surface area contributed by atoms with Gasteiger partial charge in [-0.1, -0.05) is 29.3 Å². The molecule has 0 radical (unpaired) electrons. The molecule has 2 rings (SSSR count). The van der Waals surface area contributed by atoms with E-state index < -0.39 is 0 Å². The van der Waals surface area contributed by atoms with Gasteiger partial charge in [0.1, 0.15) is 12.1 Å². The van der Waals surface area contributed by atoms with Gasteiger partial charge < -0.3 is 9.64 Å². The lowest BCUT2D eigenvalue weighted by atomic mass is 10.2. The van der Waals surface area contributed by atoms with Crippen LogP contribution >= 0.6 is 15.9 Å². The number of nitrogens with zero attached hydrogens (tertiary/aromatic N) is 3. The van der Waals surface area contributed by atoms with E-state index in [-0.39, 0.29) is 12.2 Å². The van der Waals surface area contributed by atoms with Crippen LogP contribution in [-0.2, 0) is 11.2 Å². The maximum atomic E-state index is 5.83. The molecular weight excluding hydrogens is 294 g/mol. The van der Waals surface area contributed by atoms with Crippen LogP contribution in [0.25, 0.3) is 0 Å². The molecule has 0 aromatic carbocycles. The Balaban J connectivity index is 2.11. The largest absolute Gasteiger partial charge is 0.371 e. The Bertz CT molecular complexity index is 388. The summed E-state index contributed by atoms with van der Waals surface area (Å²) in [6.07, 6.45) is 4.27. The van der Waals surface area contributed by atoms with Crippen LogP contribution in [0.15, 0.2) is 12.4 Å². The van der Waals surface area contributed by atoms with Gasteiger partial charge in [-0.25, -0.2) is 9.97 Å². The van der Waals surface area contributed by atoms with E-state index in [9.17, 15) is 0 Å². The molecule has 0 bridgehead atoms. The predicted molar refractivity (Wildman–Crippen MR) is 76.4 cm³/mol. The van der Waals surface area contributed by atoms with Crippen LogP contribution in [0.3, 0.4) is 0 Å². The SMILES string of the molecule is CCCc1cc(N2CC(C)OC(CBr)C2)ncn1. The maximum Gasteiger partial charge on any atom is 0.132 e. The van der Waals surface area contributed by atoms with Gasteiger partial charge in [0.05, 0.1) is 12.2 Å². The van der Waals surface area contributed by atoms with Crippen LogP contribution in [0, 0.1) is 0 Å². The normalized spacial score (nSPS) is 24.3. The average Bonchev–Trinajstić information content (AvgIpc) is 2.39. The average molecular weight is 314 g/mol. The topological polar surface area (TPSA) is 38.2 Å². The molecule has 1 aromatic heterocycles. The van der Waals surface area contributed by atoms with Crippen molar-refractivity contribution >= 4 is 21.7 Å². The van der Waals surface area contributed by atoms with Gasteiger partial charge in [0.2, 0.25) is 0 Å². The Morgan fingerprint density at radius 3 is 3.00 bits per heavy atom. The number of hydrogen-bond acceptors (Lipinski definition) is 4. The fourth-order valence-corrected chi connectivity index (χ4v) is 2.63. The third-order valence-corrected chi connectivity index (χ3v) is 3.76. The van der Waals surface area contributed by atoms with E-state index in [2.05, 4.69) is 50.7 Å². The quantitative estimate of drug-likeness (QED) is 0.800. The summed E-state index contributed by atoms with van der Waals surface area (Å²) in [7, 11) is 0. The molecule has 0 spiro atoms. The first-order chi connectivity index (χ1) is 8.72. The number of rotatable bonds is 4. The molecule has 0 amide bonds. The lowest BCUT2D eigenvalue weighted by molar-refractivity contribution is -0.00224. The molecular formula is C13H20BrN3O. The Hall–Kier alpha value is -0.680. The summed E-state index contributed by atoms with van der Waals surface area (Å²) in [5.41, 5.74) is 1.12. The van der Waals surface area contributed by atoms with Crippen LogP contribution in [-0.4, -0.2) is 40.6 Å². The second-order valence-electron chi connectivity index (χ2n) is 4.75. The second-order valence-corrected chi connectivity index (χ2v) is 5.39. The summed E-state index contributed by atoms with van der Waals surface area (Å²) in [5, 5.41) is 0.862. The highest BCUT2D eigenvalue weighted by Crippen LogP contribution is 2.19. The molecule has 18 heavy (non-hydrogen) atoms. The van der Waals surface area contributed by atoms with Crippen LogP contribution < -0.4 is 4.90 Å². The summed E-state index contributed by atoms with van der Waals surface area (Å²) in [5.74, 6) is 1.02. The van der Waals surface area contributed by atoms with E-state index in [0.717, 1.165) is 42.8 Å². The Morgan fingerprint density at radius 2 is 2.28 bits per heavy atom. The summed E-state index contributed by atoms with van der Waals surface area (Å²) in [4.78, 5) is 11.0. The number of anilines is 1. The Labute approximate surface area is 117 Å². The lowest BCUT2D eigenvalue weighted by Gasteiger charge is -2.36. The maximum absolute atomic E-state index is 5.83. The van der Waals surface area contributed by atoms with Crippen molar-refractivity contribution in [2.45, 2.75) is 38.9 Å². The zero-order valence-corrected chi connectivity index (χ0v) is 12.6. The molecule has 1 aromatic rings. The van der Waals surface area contributed by atoms with Crippen LogP contribution in [0.4, 0.5) is 5.82 Å². The molecule has 2 heterocycles. The van der Waals surface area contributed by atoms with Crippen molar-refractivity contribution in [3.05, 3.63) is 18.1 Å². The number of aromatic nitrogens is 2. The van der Waals surface area contributed by atoms with Crippen molar-refractivity contribution in [2.75, 3.05) is 23.3 Å². The van der Waals surface area contributed by atoms with Crippen molar-refractivity contribution in [2.24, 2.45) is 0 Å². The zero-order valence-electron chi connectivity index (χ0n) is 11.0. The molecule has 4 nitrogen and oxygen atoms in total. The molecule has 2 unspecified atom stereocenters. The lowest BCUT2D eigenvalue weighted by Crippen LogP contribution is -2.47. The number of hydrogen-bond donors (Lipinski definition) is 0. The van der Waals surface area contributed by atoms with Gasteiger partial charge in [0.15, 0.2) is 0 Å². The van der Waals surface area contributed by atoms with Crippen LogP contribution in [0.5, 0.6) is 0 Å². The fraction of sp³-hybridized carbons (Fsp3) is 0.692. The van der Waals surface area contributed by atoms with Crippen LogP contribution in [0.1, 0.15) is 26.0 Å². The van der Waals surface area contributed by atoms with E-state index in [1.165, 1.54) is 0 Å². The molecule has 0 aliphatic carbocycles. The van der Waals surface area contributed by atoms with Crippen molar-refractivity contribution in [1.82, 2.24) is 9.97 Å². The van der Waals surface area contributed by atoms with E-state index in [1.807, 2.05) is 0 Å². The molecule has 100 valence electrons. The van der Waals surface area contributed by atoms with Gasteiger partial charge in [-0.15, -0.1) is 0 Å². The van der Waals surface area contributed by atoms with Crippen LogP contribution in [0.2, 0.25) is 0 Å². The standard InChI is InChI=1S/C13H20BrN3O/c1-3-4-11-5-13(16-9-15-11)17-7-10(2)18-12(6-14)8-17/h5,9-10,12H,3-4,6-8H2,1-2H3. The summed E-state index contributed by atoms with van der Waals surface area (Å²) in [6, 6.07) is 2.10. The molecule has 1 saturated heterocycles. The monoisotopic (exact) mass is 313 g/mol. The zero-order chi connectivity index (χ0) is 13.0. The highest BCUT2D eigenvalue weighted by atomic mass is 79.9. The second kappa shape index (κ2) is 6.48. The molecule has 1 aliphatic heterocycles. The summed E-state index contributed by atoms with van der Waals surface area (Å²) >= 11 is 3.49. The fourth-order valence-electron chi connectivity index (χ4n) is 2.27. The molecule has 1 fully saturated rings. The van der Waals surface area contributed by atoms with Crippen molar-refractivity contribution in [1.29, 1.82) is 0 Å². The highest BCUT2D eigenvalue weighted by Gasteiger charge is 2.25. The summed E-state index contributed by atoms with van der Waals surface area (Å²) in [6.45, 7) is 6.06. The number of halogens is 1. The van der Waals surface area contributed by atoms with Gasteiger partial charge in [-0.2, -0.15) is 0 Å². The minimum Gasteiger partial charge on any atom is -0.371 e. The molecule has 5 heteroatoms. The van der Waals surface area contributed by atoms with Crippen molar-refractivity contribution in [3.63, 3.8) is 0 Å². The smallest absolute Gasteiger partial charge is 0.132 e. The first-order valence-electron chi connectivity index (χ1n) is 6.50. The number of alkyl halides is 1. The van der Waals surface area contributed by atoms with Gasteiger partial charge in [0, 0.05) is 30.2 Å². The van der Waals surface area contributed by atoms with Crippen molar-refractivity contribution in [3.8, 4) is 0 Å². The Morgan fingerprint density at radius 1 is 1.44 bits per heavy atom. The van der Waals surface area contributed by atoms with E-state index in [0.29, 0.717) is 0 Å². The van der Waals surface area contributed by atoms with Gasteiger partial charge in [-0.3, -0.25) is 0 Å². The predicted octanol–water partition coefficient (Wildman–Crippen LogP) is 2.42. The third kappa shape index (κ3) is 3.42. The number of aryl methyl sites for hydroxylation is 1. The first kappa shape index (κ1) is 13.7. The molecule has 2 atom stereocenters. The van der Waals surface area contributed by atoms with E-state index in [1.54, 1.807) is 6.33 Å². The molecule has 1 aliphatic rings. The van der Waals surface area contributed by atoms with Crippen molar-refractivity contribution < 1.29 is 4.74 Å². The number of morpholine rings is 1. The minimum absolute atomic E-state index is 0.235. The molecule has 0 saturated carbocycles. The van der Waals surface area contributed by atoms with E-state index in [4.69, 9.17) is 4.74 Å². The van der Waals surface area contributed by atoms with Gasteiger partial charge >= 0.3 is 0 Å². The highest BCUT2D eigenvalue weighted by molar-refractivity contribution is 9.09. The third-order valence-electron chi connectivity index (χ3n) is 3.04. The van der Waals surface area contributed by atoms with Gasteiger partial charge in [-0.05, 0) is 13.3 Å². The Kier molecular flexibility index (Phi) is 4.95.